The van der Waals surface area contributed by atoms with Crippen LogP contribution >= 0.6 is 0 Å². The Balaban J connectivity index is 1.18. The van der Waals surface area contributed by atoms with E-state index >= 15 is 0 Å². The highest BCUT2D eigenvalue weighted by Crippen LogP contribution is 2.51. The topological polar surface area (TPSA) is 43.9 Å². The molecule has 0 saturated carbocycles. The normalized spacial score (nSPS) is 13.5. The third kappa shape index (κ3) is 3.70. The molecule has 0 radical (unpaired) electrons. The largest absolute Gasteiger partial charge is 0.438 e. The summed E-state index contributed by atoms with van der Waals surface area (Å²) in [5.74, 6) is 0.649. The van der Waals surface area contributed by atoms with Crippen LogP contribution in [0, 0.1) is 0 Å². The maximum Gasteiger partial charge on any atom is 0.231 e. The zero-order valence-corrected chi connectivity index (χ0v) is 26.0. The molecule has 0 bridgehead atoms. The van der Waals surface area contributed by atoms with Crippen molar-refractivity contribution in [1.29, 1.82) is 0 Å². The van der Waals surface area contributed by atoms with Gasteiger partial charge in [0.2, 0.25) is 5.71 Å². The van der Waals surface area contributed by atoms with Crippen LogP contribution in [0.15, 0.2) is 144 Å². The van der Waals surface area contributed by atoms with Crippen LogP contribution < -0.4 is 0 Å². The lowest BCUT2D eigenvalue weighted by molar-refractivity contribution is 0.653. The van der Waals surface area contributed by atoms with Gasteiger partial charge >= 0.3 is 0 Å². The van der Waals surface area contributed by atoms with Crippen molar-refractivity contribution in [3.05, 3.63) is 151 Å². The number of hydrogen-bond donors (Lipinski definition) is 0. The van der Waals surface area contributed by atoms with Gasteiger partial charge in [-0.2, -0.15) is 4.98 Å². The summed E-state index contributed by atoms with van der Waals surface area (Å²) in [5, 5.41) is 4.47. The molecule has 0 saturated heterocycles. The summed E-state index contributed by atoms with van der Waals surface area (Å²) in [6, 6.07) is 49.4. The molecule has 3 heterocycles. The fraction of sp³-hybridized carbons (Fsp3) is 0.0698. The van der Waals surface area contributed by atoms with Gasteiger partial charge in [0.05, 0.1) is 22.1 Å². The average molecular weight is 604 g/mol. The maximum absolute atomic E-state index is 6.28. The summed E-state index contributed by atoms with van der Waals surface area (Å²) in [7, 11) is 0. The number of benzene rings is 6. The molecule has 3 aromatic heterocycles. The third-order valence-corrected chi connectivity index (χ3v) is 10.0. The molecular weight excluding hydrogens is 574 g/mol. The van der Waals surface area contributed by atoms with Crippen molar-refractivity contribution in [3.8, 4) is 39.5 Å². The van der Waals surface area contributed by atoms with E-state index in [1.165, 1.54) is 44.1 Å². The highest BCUT2D eigenvalue weighted by molar-refractivity contribution is 6.12. The van der Waals surface area contributed by atoms with E-state index in [2.05, 4.69) is 109 Å². The standard InChI is InChI=1S/C43H29N3O/c1-43(2)34-17-9-6-14-29(34)32-24-33-30-15-7-10-18-36(30)46(37(33)25-35(32)43)28-22-20-26(21-23-28)40-39-31-16-8-11-19-38(31)47-42(39)45-41(44-40)27-12-4-3-5-13-27/h3-25H,1-2H3. The summed E-state index contributed by atoms with van der Waals surface area (Å²) in [6.07, 6.45) is 0. The molecule has 222 valence electrons. The van der Waals surface area contributed by atoms with E-state index in [9.17, 15) is 0 Å². The van der Waals surface area contributed by atoms with E-state index in [-0.39, 0.29) is 5.41 Å². The highest BCUT2D eigenvalue weighted by Gasteiger charge is 2.36. The molecule has 4 nitrogen and oxygen atoms in total. The van der Waals surface area contributed by atoms with Crippen LogP contribution in [-0.2, 0) is 5.41 Å². The van der Waals surface area contributed by atoms with E-state index in [1.54, 1.807) is 0 Å². The predicted molar refractivity (Wildman–Crippen MR) is 192 cm³/mol. The molecular formula is C43H29N3O. The molecule has 0 aliphatic heterocycles. The number of aromatic nitrogens is 3. The molecule has 4 heteroatoms. The number of nitrogens with zero attached hydrogens (tertiary/aromatic N) is 3. The second kappa shape index (κ2) is 9.51. The Morgan fingerprint density at radius 1 is 0.553 bits per heavy atom. The summed E-state index contributed by atoms with van der Waals surface area (Å²) < 4.78 is 8.69. The second-order valence-electron chi connectivity index (χ2n) is 13.0. The Kier molecular flexibility index (Phi) is 5.31. The molecule has 1 aliphatic carbocycles. The van der Waals surface area contributed by atoms with Gasteiger partial charge in [0.1, 0.15) is 5.58 Å². The van der Waals surface area contributed by atoms with Gasteiger partial charge in [-0.1, -0.05) is 117 Å². The number of para-hydroxylation sites is 2. The van der Waals surface area contributed by atoms with Crippen LogP contribution in [0.2, 0.25) is 0 Å². The van der Waals surface area contributed by atoms with Crippen LogP contribution in [0.1, 0.15) is 25.0 Å². The van der Waals surface area contributed by atoms with Crippen molar-refractivity contribution in [2.24, 2.45) is 0 Å². The van der Waals surface area contributed by atoms with Crippen LogP contribution in [0.4, 0.5) is 0 Å². The van der Waals surface area contributed by atoms with Gasteiger partial charge in [0.25, 0.3) is 0 Å². The zero-order chi connectivity index (χ0) is 31.3. The molecule has 0 atom stereocenters. The van der Waals surface area contributed by atoms with E-state index < -0.39 is 0 Å². The van der Waals surface area contributed by atoms with Crippen molar-refractivity contribution < 1.29 is 4.42 Å². The van der Waals surface area contributed by atoms with Crippen LogP contribution in [0.25, 0.3) is 83.3 Å². The summed E-state index contributed by atoms with van der Waals surface area (Å²) in [6.45, 7) is 4.69. The van der Waals surface area contributed by atoms with Gasteiger partial charge in [-0.25, -0.2) is 4.98 Å². The molecule has 1 aliphatic rings. The number of rotatable bonds is 3. The number of fused-ring (bicyclic) bond motifs is 9. The molecule has 0 unspecified atom stereocenters. The molecule has 47 heavy (non-hydrogen) atoms. The molecule has 10 rings (SSSR count). The fourth-order valence-corrected chi connectivity index (χ4v) is 7.76. The lowest BCUT2D eigenvalue weighted by Gasteiger charge is -2.21. The molecule has 0 amide bonds. The SMILES string of the molecule is CC1(C)c2ccccc2-c2cc3c4ccccc4n(-c4ccc(-c5nc(-c6ccccc6)nc6oc7ccccc7c56)cc4)c3cc21. The van der Waals surface area contributed by atoms with Crippen LogP contribution in [0.3, 0.4) is 0 Å². The lowest BCUT2D eigenvalue weighted by atomic mass is 9.82. The molecule has 0 N–H and O–H groups in total. The lowest BCUT2D eigenvalue weighted by Crippen LogP contribution is -2.14. The predicted octanol–water partition coefficient (Wildman–Crippen LogP) is 11.1. The number of furan rings is 1. The Bertz CT molecular complexity index is 2700. The third-order valence-electron chi connectivity index (χ3n) is 10.0. The van der Waals surface area contributed by atoms with Crippen molar-refractivity contribution in [3.63, 3.8) is 0 Å². The quantitative estimate of drug-likeness (QED) is 0.202. The molecule has 0 spiro atoms. The minimum Gasteiger partial charge on any atom is -0.438 e. The average Bonchev–Trinajstić information content (AvgIpc) is 3.73. The summed E-state index contributed by atoms with van der Waals surface area (Å²) in [5.41, 5.74) is 13.1. The maximum atomic E-state index is 6.28. The van der Waals surface area contributed by atoms with Crippen molar-refractivity contribution in [2.75, 3.05) is 0 Å². The Hall–Kier alpha value is -6.00. The van der Waals surface area contributed by atoms with Gasteiger partial charge in [-0.3, -0.25) is 0 Å². The van der Waals surface area contributed by atoms with Crippen molar-refractivity contribution >= 4 is 43.9 Å². The first-order valence-electron chi connectivity index (χ1n) is 16.1. The molecule has 0 fully saturated rings. The van der Waals surface area contributed by atoms with Crippen molar-refractivity contribution in [1.82, 2.24) is 14.5 Å². The monoisotopic (exact) mass is 603 g/mol. The minimum atomic E-state index is -0.0759. The Morgan fingerprint density at radius 2 is 1.28 bits per heavy atom. The van der Waals surface area contributed by atoms with Crippen LogP contribution in [0.5, 0.6) is 0 Å². The Labute approximate surface area is 271 Å². The molecule has 6 aromatic carbocycles. The Morgan fingerprint density at radius 3 is 2.13 bits per heavy atom. The molecule has 9 aromatic rings. The van der Waals surface area contributed by atoms with E-state index in [4.69, 9.17) is 14.4 Å². The first-order chi connectivity index (χ1) is 23.1. The summed E-state index contributed by atoms with van der Waals surface area (Å²) >= 11 is 0. The zero-order valence-electron chi connectivity index (χ0n) is 26.0. The summed E-state index contributed by atoms with van der Waals surface area (Å²) in [4.78, 5) is 10.0. The first-order valence-corrected chi connectivity index (χ1v) is 16.1. The van der Waals surface area contributed by atoms with Crippen molar-refractivity contribution in [2.45, 2.75) is 19.3 Å². The van der Waals surface area contributed by atoms with Gasteiger partial charge in [0, 0.05) is 38.4 Å². The van der Waals surface area contributed by atoms with Gasteiger partial charge < -0.3 is 8.98 Å². The van der Waals surface area contributed by atoms with E-state index in [0.717, 1.165) is 38.9 Å². The van der Waals surface area contributed by atoms with Gasteiger partial charge in [-0.05, 0) is 58.7 Å². The van der Waals surface area contributed by atoms with E-state index in [0.29, 0.717) is 11.5 Å². The van der Waals surface area contributed by atoms with Gasteiger partial charge in [0.15, 0.2) is 5.82 Å². The smallest absolute Gasteiger partial charge is 0.231 e. The van der Waals surface area contributed by atoms with Crippen LogP contribution in [-0.4, -0.2) is 14.5 Å². The van der Waals surface area contributed by atoms with E-state index in [1.807, 2.05) is 48.5 Å². The number of hydrogen-bond acceptors (Lipinski definition) is 3. The minimum absolute atomic E-state index is 0.0759. The first kappa shape index (κ1) is 26.2. The second-order valence-corrected chi connectivity index (χ2v) is 13.0. The van der Waals surface area contributed by atoms with Gasteiger partial charge in [-0.15, -0.1) is 0 Å². The highest BCUT2D eigenvalue weighted by atomic mass is 16.3. The fourth-order valence-electron chi connectivity index (χ4n) is 7.76.